The number of nitrogen functional groups attached to an aromatic ring is 1. The van der Waals surface area contributed by atoms with Crippen LogP contribution in [0, 0.1) is 13.8 Å². The second-order valence-electron chi connectivity index (χ2n) is 14.3. The number of carbonyl (C=O) groups is 3. The molecule has 4 aromatic heterocycles. The molecule has 0 fully saturated rings. The summed E-state index contributed by atoms with van der Waals surface area (Å²) in [6.07, 6.45) is 4.09. The molecule has 0 radical (unpaired) electrons. The van der Waals surface area contributed by atoms with Gasteiger partial charge in [0.2, 0.25) is 5.91 Å². The normalized spacial score (nSPS) is 10.7. The largest absolute Gasteiger partial charge is 0.396 e. The summed E-state index contributed by atoms with van der Waals surface area (Å²) >= 11 is 0. The van der Waals surface area contributed by atoms with Crippen molar-refractivity contribution in [3.8, 4) is 22.3 Å². The topological polar surface area (TPSA) is 162 Å². The van der Waals surface area contributed by atoms with Gasteiger partial charge in [-0.25, -0.2) is 0 Å². The standard InChI is InChI=1S/C18H20N4O.C16H18N4.C6H15N.C4H6O3/c1-11(2)17-20-21-18-16(19-13(4)23)9-15(10-22(17)18)14-7-5-12(3)6-8-14;1-10(2)15-18-19-16-14(17)8-13(9-20(15)16)12-6-4-11(3)5-7-12;1-4-7(5-2)6-3;1-3(5)7-4(2)6/h5-11H,1-4H3,(H,19,23);4-10H,17H2,1-3H3;4-6H2,1-3H3;1-2H3. The van der Waals surface area contributed by atoms with E-state index in [9.17, 15) is 14.4 Å². The number of carbonyl (C=O) groups excluding carboxylic acids is 3. The summed E-state index contributed by atoms with van der Waals surface area (Å²) in [6.45, 7) is 26.5. The number of nitrogens with zero attached hydrogens (tertiary/aromatic N) is 7. The molecule has 2 aromatic carbocycles. The fourth-order valence-electron chi connectivity index (χ4n) is 5.80. The molecule has 304 valence electrons. The van der Waals surface area contributed by atoms with E-state index in [-0.39, 0.29) is 11.8 Å². The van der Waals surface area contributed by atoms with Crippen LogP contribution in [-0.2, 0) is 19.1 Å². The van der Waals surface area contributed by atoms with Crippen LogP contribution in [0.4, 0.5) is 11.4 Å². The van der Waals surface area contributed by atoms with Crippen LogP contribution in [0.25, 0.3) is 33.5 Å². The summed E-state index contributed by atoms with van der Waals surface area (Å²) in [5.41, 5.74) is 15.6. The highest BCUT2D eigenvalue weighted by Crippen LogP contribution is 2.29. The van der Waals surface area contributed by atoms with Gasteiger partial charge in [-0.3, -0.25) is 23.2 Å². The van der Waals surface area contributed by atoms with Gasteiger partial charge in [-0.2, -0.15) is 0 Å². The first kappa shape index (κ1) is 45.4. The predicted molar refractivity (Wildman–Crippen MR) is 229 cm³/mol. The summed E-state index contributed by atoms with van der Waals surface area (Å²) in [5, 5.41) is 19.8. The molecule has 1 amide bonds. The molecule has 0 aliphatic rings. The lowest BCUT2D eigenvalue weighted by Crippen LogP contribution is -2.21. The molecule has 0 atom stereocenters. The van der Waals surface area contributed by atoms with Crippen molar-refractivity contribution in [3.63, 3.8) is 0 Å². The van der Waals surface area contributed by atoms with Crippen molar-refractivity contribution < 1.29 is 19.1 Å². The Kier molecular flexibility index (Phi) is 17.0. The highest BCUT2D eigenvalue weighted by Gasteiger charge is 2.16. The van der Waals surface area contributed by atoms with Gasteiger partial charge in [0, 0.05) is 56.1 Å². The molecule has 0 spiro atoms. The summed E-state index contributed by atoms with van der Waals surface area (Å²) in [4.78, 5) is 33.5. The molecule has 57 heavy (non-hydrogen) atoms. The molecule has 0 unspecified atom stereocenters. The number of benzene rings is 2. The third kappa shape index (κ3) is 13.1. The Hall–Kier alpha value is -5.95. The van der Waals surface area contributed by atoms with Gasteiger partial charge in [-0.1, -0.05) is 108 Å². The van der Waals surface area contributed by atoms with E-state index in [1.165, 1.54) is 51.5 Å². The smallest absolute Gasteiger partial charge is 0.310 e. The minimum Gasteiger partial charge on any atom is -0.396 e. The number of rotatable bonds is 8. The van der Waals surface area contributed by atoms with Gasteiger partial charge < -0.3 is 20.7 Å². The quantitative estimate of drug-likeness (QED) is 0.113. The number of esters is 2. The van der Waals surface area contributed by atoms with Crippen LogP contribution < -0.4 is 11.1 Å². The zero-order valence-electron chi connectivity index (χ0n) is 35.5. The fraction of sp³-hybridized carbons (Fsp3) is 0.386. The van der Waals surface area contributed by atoms with Gasteiger partial charge in [0.15, 0.2) is 11.3 Å². The van der Waals surface area contributed by atoms with Crippen molar-refractivity contribution in [1.82, 2.24) is 34.1 Å². The molecule has 0 saturated carbocycles. The van der Waals surface area contributed by atoms with E-state index in [1.807, 2.05) is 27.1 Å². The molecular weight excluding hydrogens is 719 g/mol. The minimum absolute atomic E-state index is 0.123. The molecule has 0 aliphatic carbocycles. The molecule has 6 rings (SSSR count). The number of anilines is 2. The summed E-state index contributed by atoms with van der Waals surface area (Å²) in [5.74, 6) is 1.10. The van der Waals surface area contributed by atoms with Crippen molar-refractivity contribution in [2.24, 2.45) is 0 Å². The molecule has 0 aliphatic heterocycles. The summed E-state index contributed by atoms with van der Waals surface area (Å²) in [6, 6.07) is 20.6. The van der Waals surface area contributed by atoms with Crippen molar-refractivity contribution >= 4 is 40.5 Å². The average molecular weight is 778 g/mol. The van der Waals surface area contributed by atoms with Crippen molar-refractivity contribution in [2.45, 2.75) is 94.9 Å². The second kappa shape index (κ2) is 21.4. The molecule has 3 N–H and O–H groups in total. The summed E-state index contributed by atoms with van der Waals surface area (Å²) < 4.78 is 7.93. The number of ether oxygens (including phenoxy) is 1. The number of nitrogens with two attached hydrogens (primary N) is 1. The van der Waals surface area contributed by atoms with Crippen LogP contribution in [0.15, 0.2) is 73.1 Å². The number of hydrogen-bond acceptors (Lipinski definition) is 10. The Morgan fingerprint density at radius 3 is 1.40 bits per heavy atom. The van der Waals surface area contributed by atoms with E-state index >= 15 is 0 Å². The third-order valence-corrected chi connectivity index (χ3v) is 8.83. The van der Waals surface area contributed by atoms with Gasteiger partial charge in [0.05, 0.1) is 11.4 Å². The number of amides is 1. The lowest BCUT2D eigenvalue weighted by molar-refractivity contribution is -0.156. The van der Waals surface area contributed by atoms with Gasteiger partial charge in [-0.15, -0.1) is 20.4 Å². The highest BCUT2D eigenvalue weighted by molar-refractivity contribution is 5.94. The molecule has 13 heteroatoms. The summed E-state index contributed by atoms with van der Waals surface area (Å²) in [7, 11) is 0. The minimum atomic E-state index is -0.562. The predicted octanol–water partition coefficient (Wildman–Crippen LogP) is 8.64. The molecule has 4 heterocycles. The lowest BCUT2D eigenvalue weighted by atomic mass is 10.1. The van der Waals surface area contributed by atoms with Gasteiger partial charge in [-0.05, 0) is 56.7 Å². The first-order valence-corrected chi connectivity index (χ1v) is 19.3. The van der Waals surface area contributed by atoms with Crippen LogP contribution in [0.1, 0.15) is 104 Å². The maximum Gasteiger partial charge on any atom is 0.310 e. The van der Waals surface area contributed by atoms with Gasteiger partial charge >= 0.3 is 11.9 Å². The Balaban J connectivity index is 0.000000232. The van der Waals surface area contributed by atoms with E-state index in [1.54, 1.807) is 0 Å². The number of aryl methyl sites for hydroxylation is 2. The fourth-order valence-corrected chi connectivity index (χ4v) is 5.80. The lowest BCUT2D eigenvalue weighted by Gasteiger charge is -2.13. The van der Waals surface area contributed by atoms with Crippen LogP contribution in [-0.4, -0.2) is 71.6 Å². The molecule has 0 saturated heterocycles. The monoisotopic (exact) mass is 777 g/mol. The highest BCUT2D eigenvalue weighted by atomic mass is 16.6. The van der Waals surface area contributed by atoms with Gasteiger partial charge in [0.1, 0.15) is 11.6 Å². The first-order chi connectivity index (χ1) is 27.0. The zero-order valence-corrected chi connectivity index (χ0v) is 35.5. The second-order valence-corrected chi connectivity index (χ2v) is 14.3. The number of hydrogen-bond donors (Lipinski definition) is 2. The van der Waals surface area contributed by atoms with Crippen molar-refractivity contribution in [3.05, 3.63) is 95.8 Å². The molecule has 6 aromatic rings. The maximum absolute atomic E-state index is 11.5. The Morgan fingerprint density at radius 2 is 1.05 bits per heavy atom. The molecular formula is C44H59N9O4. The maximum atomic E-state index is 11.5. The van der Waals surface area contributed by atoms with E-state index in [0.29, 0.717) is 22.9 Å². The number of fused-ring (bicyclic) bond motifs is 2. The van der Waals surface area contributed by atoms with Crippen LogP contribution in [0.3, 0.4) is 0 Å². The number of nitrogens with one attached hydrogen (secondary N) is 1. The van der Waals surface area contributed by atoms with Crippen LogP contribution >= 0.6 is 0 Å². The van der Waals surface area contributed by atoms with Crippen LogP contribution in [0.2, 0.25) is 0 Å². The molecule has 0 bridgehead atoms. The Morgan fingerprint density at radius 1 is 0.649 bits per heavy atom. The SMILES string of the molecule is CC(=O)Nc1cc(-c2ccc(C)cc2)cn2c(C(C)C)nnc12.CC(=O)OC(C)=O.CCN(CC)CC.Cc1ccc(-c2cc(N)c3nnc(C(C)C)n3c2)cc1. The van der Waals surface area contributed by atoms with E-state index in [4.69, 9.17) is 5.73 Å². The molecule has 13 nitrogen and oxygen atoms in total. The van der Waals surface area contributed by atoms with Crippen molar-refractivity contribution in [1.29, 1.82) is 0 Å². The van der Waals surface area contributed by atoms with E-state index < -0.39 is 11.9 Å². The number of pyridine rings is 2. The van der Waals surface area contributed by atoms with E-state index in [2.05, 4.69) is 152 Å². The third-order valence-electron chi connectivity index (χ3n) is 8.83. The van der Waals surface area contributed by atoms with Crippen molar-refractivity contribution in [2.75, 3.05) is 30.7 Å². The number of aromatic nitrogens is 6. The van der Waals surface area contributed by atoms with E-state index in [0.717, 1.165) is 39.5 Å². The zero-order chi connectivity index (χ0) is 42.4. The Bertz CT molecular complexity index is 2220. The van der Waals surface area contributed by atoms with Crippen LogP contribution in [0.5, 0.6) is 0 Å². The average Bonchev–Trinajstić information content (AvgIpc) is 3.79. The Labute approximate surface area is 336 Å². The first-order valence-electron chi connectivity index (χ1n) is 19.3. The van der Waals surface area contributed by atoms with Gasteiger partial charge in [0.25, 0.3) is 0 Å².